The fourth-order valence-corrected chi connectivity index (χ4v) is 2.03. The molecule has 0 aliphatic rings. The van der Waals surface area contributed by atoms with Crippen LogP contribution in [0.25, 0.3) is 0 Å². The molecule has 3 nitrogen and oxygen atoms in total. The van der Waals surface area contributed by atoms with Gasteiger partial charge in [-0.2, -0.15) is 0 Å². The molecule has 84 valence electrons. The molecule has 0 aromatic heterocycles. The number of ether oxygens (including phenoxy) is 2. The number of halogens is 2. The predicted molar refractivity (Wildman–Crippen MR) is 58.9 cm³/mol. The van der Waals surface area contributed by atoms with Gasteiger partial charge in [0, 0.05) is 24.3 Å². The summed E-state index contributed by atoms with van der Waals surface area (Å²) in [6.07, 6.45) is 0. The van der Waals surface area contributed by atoms with Crippen LogP contribution in [0.4, 0.5) is 4.39 Å². The second-order valence-corrected chi connectivity index (χ2v) is 3.84. The van der Waals surface area contributed by atoms with E-state index in [4.69, 9.17) is 15.2 Å². The maximum absolute atomic E-state index is 12.9. The highest BCUT2D eigenvalue weighted by Crippen LogP contribution is 2.31. The zero-order valence-corrected chi connectivity index (χ0v) is 10.2. The summed E-state index contributed by atoms with van der Waals surface area (Å²) in [5.74, 6) is -1.37. The Balaban J connectivity index is 3.22. The van der Waals surface area contributed by atoms with Crippen molar-refractivity contribution < 1.29 is 13.9 Å². The summed E-state index contributed by atoms with van der Waals surface area (Å²) in [7, 11) is 2.98. The van der Waals surface area contributed by atoms with Crippen molar-refractivity contribution in [3.05, 3.63) is 34.1 Å². The van der Waals surface area contributed by atoms with Crippen LogP contribution in [0.5, 0.6) is 0 Å². The van der Waals surface area contributed by atoms with E-state index in [9.17, 15) is 4.39 Å². The molecule has 0 radical (unpaired) electrons. The number of rotatable bonds is 4. The molecule has 0 fully saturated rings. The molecule has 15 heavy (non-hydrogen) atoms. The number of hydrogen-bond acceptors (Lipinski definition) is 3. The summed E-state index contributed by atoms with van der Waals surface area (Å²) in [4.78, 5) is 0. The minimum Gasteiger partial charge on any atom is -0.348 e. The van der Waals surface area contributed by atoms with Crippen molar-refractivity contribution in [1.29, 1.82) is 0 Å². The van der Waals surface area contributed by atoms with Crippen LogP contribution < -0.4 is 5.73 Å². The first-order valence-electron chi connectivity index (χ1n) is 4.35. The van der Waals surface area contributed by atoms with E-state index in [2.05, 4.69) is 15.9 Å². The van der Waals surface area contributed by atoms with Gasteiger partial charge < -0.3 is 15.2 Å². The van der Waals surface area contributed by atoms with Gasteiger partial charge in [-0.3, -0.25) is 0 Å². The van der Waals surface area contributed by atoms with E-state index in [1.807, 2.05) is 0 Å². The lowest BCUT2D eigenvalue weighted by atomic mass is 10.1. The third-order valence-corrected chi connectivity index (χ3v) is 2.93. The Bertz CT molecular complexity index is 334. The molecule has 1 rings (SSSR count). The SMILES string of the molecule is COC(CN)(OC)c1ccc(F)cc1Br. The molecule has 0 unspecified atom stereocenters. The smallest absolute Gasteiger partial charge is 0.208 e. The summed E-state index contributed by atoms with van der Waals surface area (Å²) in [5.41, 5.74) is 6.27. The fraction of sp³-hybridized carbons (Fsp3) is 0.400. The van der Waals surface area contributed by atoms with Gasteiger partial charge in [-0.25, -0.2) is 4.39 Å². The summed E-state index contributed by atoms with van der Waals surface area (Å²) < 4.78 is 24.0. The highest BCUT2D eigenvalue weighted by Gasteiger charge is 2.32. The molecule has 5 heteroatoms. The Kier molecular flexibility index (Phi) is 4.21. The molecule has 0 amide bonds. The normalized spacial score (nSPS) is 11.8. The van der Waals surface area contributed by atoms with Gasteiger partial charge in [0.25, 0.3) is 0 Å². The van der Waals surface area contributed by atoms with Crippen LogP contribution in [0, 0.1) is 5.82 Å². The van der Waals surface area contributed by atoms with Crippen molar-refractivity contribution in [3.63, 3.8) is 0 Å². The molecule has 0 aliphatic carbocycles. The molecule has 0 bridgehead atoms. The van der Waals surface area contributed by atoms with Gasteiger partial charge in [0.05, 0.1) is 6.54 Å². The summed E-state index contributed by atoms with van der Waals surface area (Å²) in [6.45, 7) is 0.143. The molecule has 0 atom stereocenters. The van der Waals surface area contributed by atoms with Crippen molar-refractivity contribution in [2.24, 2.45) is 5.73 Å². The average Bonchev–Trinajstić information content (AvgIpc) is 2.23. The largest absolute Gasteiger partial charge is 0.348 e. The molecular formula is C10H13BrFNO2. The first kappa shape index (κ1) is 12.6. The maximum atomic E-state index is 12.9. The van der Waals surface area contributed by atoms with E-state index < -0.39 is 5.79 Å². The molecule has 0 aliphatic heterocycles. The molecule has 0 spiro atoms. The number of benzene rings is 1. The maximum Gasteiger partial charge on any atom is 0.208 e. The first-order valence-corrected chi connectivity index (χ1v) is 5.15. The van der Waals surface area contributed by atoms with Gasteiger partial charge in [-0.05, 0) is 18.2 Å². The first-order chi connectivity index (χ1) is 7.09. The summed E-state index contributed by atoms with van der Waals surface area (Å²) in [6, 6.07) is 4.26. The number of methoxy groups -OCH3 is 2. The molecule has 0 saturated heterocycles. The van der Waals surface area contributed by atoms with Crippen LogP contribution in [-0.2, 0) is 15.3 Å². The van der Waals surface area contributed by atoms with E-state index in [0.717, 1.165) is 0 Å². The van der Waals surface area contributed by atoms with Crippen LogP contribution in [0.1, 0.15) is 5.56 Å². The standard InChI is InChI=1S/C10H13BrFNO2/c1-14-10(6-13,15-2)8-4-3-7(12)5-9(8)11/h3-5H,6,13H2,1-2H3. The minimum absolute atomic E-state index is 0.143. The molecular weight excluding hydrogens is 265 g/mol. The molecule has 1 aromatic rings. The van der Waals surface area contributed by atoms with Gasteiger partial charge in [-0.1, -0.05) is 15.9 Å². The Morgan fingerprint density at radius 3 is 2.40 bits per heavy atom. The lowest BCUT2D eigenvalue weighted by Crippen LogP contribution is -2.39. The highest BCUT2D eigenvalue weighted by atomic mass is 79.9. The van der Waals surface area contributed by atoms with Crippen molar-refractivity contribution in [1.82, 2.24) is 0 Å². The van der Waals surface area contributed by atoms with Crippen LogP contribution in [0.2, 0.25) is 0 Å². The van der Waals surface area contributed by atoms with Crippen LogP contribution in [-0.4, -0.2) is 20.8 Å². The van der Waals surface area contributed by atoms with Crippen LogP contribution in [0.15, 0.2) is 22.7 Å². The fourth-order valence-electron chi connectivity index (χ4n) is 1.38. The Labute approximate surface area is 96.5 Å². The Morgan fingerprint density at radius 2 is 2.00 bits per heavy atom. The number of hydrogen-bond donors (Lipinski definition) is 1. The van der Waals surface area contributed by atoms with E-state index in [1.165, 1.54) is 26.4 Å². The van der Waals surface area contributed by atoms with Crippen molar-refractivity contribution >= 4 is 15.9 Å². The second kappa shape index (κ2) is 5.03. The van der Waals surface area contributed by atoms with Gasteiger partial charge in [0.15, 0.2) is 0 Å². The highest BCUT2D eigenvalue weighted by molar-refractivity contribution is 9.10. The van der Waals surface area contributed by atoms with E-state index in [0.29, 0.717) is 10.0 Å². The van der Waals surface area contributed by atoms with Gasteiger partial charge >= 0.3 is 0 Å². The van der Waals surface area contributed by atoms with E-state index in [-0.39, 0.29) is 12.4 Å². The third-order valence-electron chi connectivity index (χ3n) is 2.27. The average molecular weight is 278 g/mol. The van der Waals surface area contributed by atoms with Crippen LogP contribution in [0.3, 0.4) is 0 Å². The minimum atomic E-state index is -1.04. The monoisotopic (exact) mass is 277 g/mol. The topological polar surface area (TPSA) is 44.5 Å². The van der Waals surface area contributed by atoms with Gasteiger partial charge in [-0.15, -0.1) is 0 Å². The lowest BCUT2D eigenvalue weighted by molar-refractivity contribution is -0.208. The molecule has 0 saturated carbocycles. The van der Waals surface area contributed by atoms with Crippen molar-refractivity contribution in [2.45, 2.75) is 5.79 Å². The lowest BCUT2D eigenvalue weighted by Gasteiger charge is -2.30. The van der Waals surface area contributed by atoms with E-state index >= 15 is 0 Å². The molecule has 1 aromatic carbocycles. The van der Waals surface area contributed by atoms with Gasteiger partial charge in [0.1, 0.15) is 5.82 Å². The zero-order valence-electron chi connectivity index (χ0n) is 8.59. The van der Waals surface area contributed by atoms with Crippen molar-refractivity contribution in [2.75, 3.05) is 20.8 Å². The molecule has 0 heterocycles. The van der Waals surface area contributed by atoms with Crippen molar-refractivity contribution in [3.8, 4) is 0 Å². The Hall–Kier alpha value is -0.490. The number of nitrogens with two attached hydrogens (primary N) is 1. The second-order valence-electron chi connectivity index (χ2n) is 2.99. The quantitative estimate of drug-likeness (QED) is 0.857. The summed E-state index contributed by atoms with van der Waals surface area (Å²) in [5, 5.41) is 0. The summed E-state index contributed by atoms with van der Waals surface area (Å²) >= 11 is 3.25. The molecule has 2 N–H and O–H groups in total. The van der Waals surface area contributed by atoms with Gasteiger partial charge in [0.2, 0.25) is 5.79 Å². The predicted octanol–water partition coefficient (Wildman–Crippen LogP) is 1.99. The Morgan fingerprint density at radius 1 is 1.40 bits per heavy atom. The van der Waals surface area contributed by atoms with E-state index in [1.54, 1.807) is 6.07 Å². The van der Waals surface area contributed by atoms with Crippen LogP contribution >= 0.6 is 15.9 Å². The zero-order chi connectivity index (χ0) is 11.5. The third kappa shape index (κ3) is 2.36.